The lowest BCUT2D eigenvalue weighted by atomic mass is 10.0. The number of aromatic amines is 2. The quantitative estimate of drug-likeness (QED) is 0.371. The fourth-order valence-corrected chi connectivity index (χ4v) is 3.57. The number of nitrogens with zero attached hydrogens (tertiary/aromatic N) is 2. The van der Waals surface area contributed by atoms with E-state index in [0.29, 0.717) is 13.0 Å². The smallest absolute Gasteiger partial charge is 0.187 e. The van der Waals surface area contributed by atoms with Gasteiger partial charge in [0, 0.05) is 36.3 Å². The summed E-state index contributed by atoms with van der Waals surface area (Å²) in [5, 5.41) is 16.0. The second-order valence-electron chi connectivity index (χ2n) is 7.13. The number of hydrogen-bond donors (Lipinski definition) is 5. The van der Waals surface area contributed by atoms with Crippen LogP contribution in [0.4, 0.5) is 0 Å². The summed E-state index contributed by atoms with van der Waals surface area (Å²) < 4.78 is 0. The highest BCUT2D eigenvalue weighted by atomic mass is 15.3. The van der Waals surface area contributed by atoms with Crippen LogP contribution >= 0.6 is 0 Å². The van der Waals surface area contributed by atoms with Crippen LogP contribution in [-0.2, 0) is 13.0 Å². The fourth-order valence-electron chi connectivity index (χ4n) is 3.57. The Bertz CT molecular complexity index is 1200. The number of rotatable bonds is 5. The van der Waals surface area contributed by atoms with E-state index in [-0.39, 0.29) is 0 Å². The predicted octanol–water partition coefficient (Wildman–Crippen LogP) is 2.50. The molecule has 0 amide bonds. The van der Waals surface area contributed by atoms with E-state index in [9.17, 15) is 0 Å². The maximum absolute atomic E-state index is 6.51. The van der Waals surface area contributed by atoms with Crippen LogP contribution in [0.2, 0.25) is 0 Å². The molecule has 3 heterocycles. The molecule has 0 radical (unpaired) electrons. The average molecular weight is 371 g/mol. The molecule has 1 atom stereocenters. The molecule has 1 aliphatic rings. The third-order valence-electron chi connectivity index (χ3n) is 4.98. The maximum Gasteiger partial charge on any atom is 0.187 e. The first-order chi connectivity index (χ1) is 13.7. The Morgan fingerprint density at radius 1 is 1.00 bits per heavy atom. The van der Waals surface area contributed by atoms with Crippen molar-refractivity contribution in [1.82, 2.24) is 25.8 Å². The summed E-state index contributed by atoms with van der Waals surface area (Å²) in [6, 6.07) is 14.6. The first-order valence-corrected chi connectivity index (χ1v) is 9.21. The summed E-state index contributed by atoms with van der Waals surface area (Å²) in [6.07, 6.45) is 7.99. The Morgan fingerprint density at radius 2 is 1.86 bits per heavy atom. The molecule has 140 valence electrons. The molecule has 7 nitrogen and oxygen atoms in total. The molecule has 0 fully saturated rings. The lowest BCUT2D eigenvalue weighted by Gasteiger charge is -2.31. The van der Waals surface area contributed by atoms with Gasteiger partial charge in [-0.2, -0.15) is 5.10 Å². The Hall–Kier alpha value is -3.58. The third kappa shape index (κ3) is 3.23. The van der Waals surface area contributed by atoms with Crippen molar-refractivity contribution < 1.29 is 0 Å². The number of aliphatic imine (C=N–C) groups is 1. The Kier molecular flexibility index (Phi) is 3.87. The predicted molar refractivity (Wildman–Crippen MR) is 112 cm³/mol. The largest absolute Gasteiger partial charge is 0.368 e. The van der Waals surface area contributed by atoms with Gasteiger partial charge in [0.2, 0.25) is 0 Å². The van der Waals surface area contributed by atoms with Crippen LogP contribution in [-0.4, -0.2) is 27.2 Å². The number of aromatic nitrogens is 3. The molecule has 1 aliphatic heterocycles. The van der Waals surface area contributed by atoms with Crippen LogP contribution < -0.4 is 16.4 Å². The summed E-state index contributed by atoms with van der Waals surface area (Å²) >= 11 is 0. The highest BCUT2D eigenvalue weighted by molar-refractivity contribution is 5.80. The first-order valence-electron chi connectivity index (χ1n) is 9.21. The molecule has 2 aromatic heterocycles. The van der Waals surface area contributed by atoms with Crippen molar-refractivity contribution in [2.75, 3.05) is 0 Å². The van der Waals surface area contributed by atoms with E-state index >= 15 is 0 Å². The van der Waals surface area contributed by atoms with Crippen LogP contribution in [0, 0.1) is 0 Å². The van der Waals surface area contributed by atoms with E-state index in [4.69, 9.17) is 5.73 Å². The molecule has 5 rings (SSSR count). The molecule has 0 bridgehead atoms. The van der Waals surface area contributed by atoms with Crippen molar-refractivity contribution in [1.29, 1.82) is 0 Å². The standard InChI is InChI=1S/C21H21N7/c22-21(11-14-1-4-19-17(9-14)13-26-28-19)25-8-6-20(27-21)24-12-15-2-3-18-16(10-15)5-7-23-18/h1-10,13,23-24,27H,11-12,22H2,(H,26,28). The van der Waals surface area contributed by atoms with Crippen LogP contribution in [0.25, 0.3) is 21.8 Å². The fraction of sp³-hybridized carbons (Fsp3) is 0.143. The number of fused-ring (bicyclic) bond motifs is 2. The highest BCUT2D eigenvalue weighted by Crippen LogP contribution is 2.19. The van der Waals surface area contributed by atoms with Gasteiger partial charge in [0.05, 0.1) is 11.7 Å². The maximum atomic E-state index is 6.51. The van der Waals surface area contributed by atoms with Gasteiger partial charge in [-0.15, -0.1) is 0 Å². The van der Waals surface area contributed by atoms with Crippen molar-refractivity contribution in [3.05, 3.63) is 77.9 Å². The van der Waals surface area contributed by atoms with Gasteiger partial charge >= 0.3 is 0 Å². The van der Waals surface area contributed by atoms with E-state index in [1.54, 1.807) is 6.21 Å². The molecule has 0 saturated carbocycles. The molecule has 0 saturated heterocycles. The molecular weight excluding hydrogens is 350 g/mol. The van der Waals surface area contributed by atoms with Gasteiger partial charge in [-0.25, -0.2) is 0 Å². The van der Waals surface area contributed by atoms with E-state index < -0.39 is 5.79 Å². The van der Waals surface area contributed by atoms with Crippen molar-refractivity contribution in [3.63, 3.8) is 0 Å². The monoisotopic (exact) mass is 371 g/mol. The lowest BCUT2D eigenvalue weighted by Crippen LogP contribution is -2.56. The van der Waals surface area contributed by atoms with Gasteiger partial charge in [-0.1, -0.05) is 12.1 Å². The zero-order valence-corrected chi connectivity index (χ0v) is 15.2. The Labute approximate surface area is 161 Å². The number of hydrogen-bond acceptors (Lipinski definition) is 5. The lowest BCUT2D eigenvalue weighted by molar-refractivity contribution is 0.366. The van der Waals surface area contributed by atoms with Crippen LogP contribution in [0.1, 0.15) is 11.1 Å². The van der Waals surface area contributed by atoms with Crippen LogP contribution in [0.5, 0.6) is 0 Å². The molecule has 0 spiro atoms. The average Bonchev–Trinajstić information content (AvgIpc) is 3.34. The van der Waals surface area contributed by atoms with Gasteiger partial charge < -0.3 is 15.6 Å². The van der Waals surface area contributed by atoms with Gasteiger partial charge in [0.1, 0.15) is 5.82 Å². The Morgan fingerprint density at radius 3 is 2.82 bits per heavy atom. The first kappa shape index (κ1) is 16.6. The number of benzene rings is 2. The SMILES string of the molecule is NC1(Cc2ccc3[nH]ncc3c2)N=CC=C(NCc2ccc3[nH]ccc3c2)N1. The molecular formula is C21H21N7. The highest BCUT2D eigenvalue weighted by Gasteiger charge is 2.26. The van der Waals surface area contributed by atoms with E-state index in [0.717, 1.165) is 27.8 Å². The van der Waals surface area contributed by atoms with Gasteiger partial charge in [0.15, 0.2) is 5.79 Å². The van der Waals surface area contributed by atoms with E-state index in [1.165, 1.54) is 10.9 Å². The number of allylic oxidation sites excluding steroid dienone is 1. The zero-order chi connectivity index (χ0) is 19.0. The molecule has 2 aromatic carbocycles. The van der Waals surface area contributed by atoms with Gasteiger partial charge in [0.25, 0.3) is 0 Å². The molecule has 4 aromatic rings. The molecule has 28 heavy (non-hydrogen) atoms. The van der Waals surface area contributed by atoms with Crippen molar-refractivity contribution in [3.8, 4) is 0 Å². The van der Waals surface area contributed by atoms with E-state index in [2.05, 4.69) is 61.1 Å². The molecule has 0 aliphatic carbocycles. The number of H-pyrrole nitrogens is 2. The molecule has 6 N–H and O–H groups in total. The summed E-state index contributed by atoms with van der Waals surface area (Å²) in [7, 11) is 0. The minimum Gasteiger partial charge on any atom is -0.368 e. The second-order valence-corrected chi connectivity index (χ2v) is 7.13. The minimum atomic E-state index is -0.890. The van der Waals surface area contributed by atoms with Crippen LogP contribution in [0.15, 0.2) is 71.7 Å². The Balaban J connectivity index is 1.26. The van der Waals surface area contributed by atoms with Crippen molar-refractivity contribution >= 4 is 28.0 Å². The third-order valence-corrected chi connectivity index (χ3v) is 4.98. The summed E-state index contributed by atoms with van der Waals surface area (Å²) in [5.41, 5.74) is 11.0. The molecule has 1 unspecified atom stereocenters. The summed E-state index contributed by atoms with van der Waals surface area (Å²) in [6.45, 7) is 0.699. The van der Waals surface area contributed by atoms with E-state index in [1.807, 2.05) is 30.6 Å². The number of nitrogens with two attached hydrogens (primary N) is 1. The van der Waals surface area contributed by atoms with Crippen molar-refractivity contribution in [2.45, 2.75) is 18.8 Å². The number of nitrogens with one attached hydrogen (secondary N) is 4. The van der Waals surface area contributed by atoms with Crippen LogP contribution in [0.3, 0.4) is 0 Å². The second kappa shape index (κ2) is 6.54. The summed E-state index contributed by atoms with van der Waals surface area (Å²) in [4.78, 5) is 7.67. The normalized spacial score (nSPS) is 19.0. The van der Waals surface area contributed by atoms with Gasteiger partial charge in [-0.3, -0.25) is 15.8 Å². The van der Waals surface area contributed by atoms with Gasteiger partial charge in [-0.05, 0) is 52.9 Å². The minimum absolute atomic E-state index is 0.568. The zero-order valence-electron chi connectivity index (χ0n) is 15.2. The topological polar surface area (TPSA) is 107 Å². The molecule has 7 heteroatoms. The summed E-state index contributed by atoms with van der Waals surface area (Å²) in [5.74, 6) is -0.0323. The van der Waals surface area contributed by atoms with Crippen molar-refractivity contribution in [2.24, 2.45) is 10.7 Å².